The number of ether oxygens (including phenoxy) is 2. The van der Waals surface area contributed by atoms with Crippen LogP contribution in [-0.4, -0.2) is 38.7 Å². The van der Waals surface area contributed by atoms with Crippen LogP contribution in [0, 0.1) is 28.7 Å². The SMILES string of the molecule is COc1cc(F)c([N+](=O)[O-])cc1Nc1ncc(OC)c(-c2cc(F)c3nc(C)n(C(C)C)c3c2)n1. The Morgan fingerprint density at radius 2 is 1.77 bits per heavy atom. The molecule has 0 aliphatic carbocycles. The fraction of sp³-hybridized carbons (Fsp3) is 0.261. The Bertz CT molecular complexity index is 1450. The number of hydrogen-bond donors (Lipinski definition) is 1. The minimum atomic E-state index is -1.05. The summed E-state index contributed by atoms with van der Waals surface area (Å²) in [5, 5.41) is 14.0. The fourth-order valence-corrected chi connectivity index (χ4v) is 3.92. The highest BCUT2D eigenvalue weighted by molar-refractivity contribution is 5.84. The third kappa shape index (κ3) is 4.29. The number of fused-ring (bicyclic) bond motifs is 1. The summed E-state index contributed by atoms with van der Waals surface area (Å²) in [7, 11) is 2.73. The number of nitro benzene ring substituents is 1. The zero-order chi connectivity index (χ0) is 25.4. The van der Waals surface area contributed by atoms with Crippen LogP contribution < -0.4 is 14.8 Å². The first-order valence-electron chi connectivity index (χ1n) is 10.5. The molecule has 0 amide bonds. The van der Waals surface area contributed by atoms with Crippen molar-refractivity contribution in [1.29, 1.82) is 0 Å². The molecule has 0 radical (unpaired) electrons. The molecule has 10 nitrogen and oxygen atoms in total. The summed E-state index contributed by atoms with van der Waals surface area (Å²) in [4.78, 5) is 23.3. The lowest BCUT2D eigenvalue weighted by Gasteiger charge is -2.14. The van der Waals surface area contributed by atoms with E-state index in [0.29, 0.717) is 16.9 Å². The molecule has 4 rings (SSSR count). The van der Waals surface area contributed by atoms with Crippen LogP contribution in [0.3, 0.4) is 0 Å². The molecule has 1 N–H and O–H groups in total. The van der Waals surface area contributed by atoms with Gasteiger partial charge in [0.05, 0.1) is 36.5 Å². The summed E-state index contributed by atoms with van der Waals surface area (Å²) in [6, 6.07) is 4.98. The molecule has 0 saturated heterocycles. The predicted octanol–water partition coefficient (Wildman–Crippen LogP) is 5.33. The molecule has 0 saturated carbocycles. The van der Waals surface area contributed by atoms with Gasteiger partial charge in [-0.2, -0.15) is 4.39 Å². The number of anilines is 2. The van der Waals surface area contributed by atoms with Crippen molar-refractivity contribution >= 4 is 28.4 Å². The second-order valence-electron chi connectivity index (χ2n) is 7.95. The van der Waals surface area contributed by atoms with E-state index in [-0.39, 0.29) is 40.4 Å². The first kappa shape index (κ1) is 23.8. The van der Waals surface area contributed by atoms with Gasteiger partial charge in [0.1, 0.15) is 22.8 Å². The maximum absolute atomic E-state index is 15.0. The van der Waals surface area contributed by atoms with Gasteiger partial charge in [-0.3, -0.25) is 10.1 Å². The highest BCUT2D eigenvalue weighted by Crippen LogP contribution is 2.36. The molecule has 2 aromatic carbocycles. The van der Waals surface area contributed by atoms with Crippen LogP contribution in [0.5, 0.6) is 11.5 Å². The van der Waals surface area contributed by atoms with Gasteiger partial charge in [0.25, 0.3) is 0 Å². The maximum Gasteiger partial charge on any atom is 0.307 e. The molecule has 2 heterocycles. The number of imidazole rings is 1. The predicted molar refractivity (Wildman–Crippen MR) is 125 cm³/mol. The van der Waals surface area contributed by atoms with E-state index in [1.807, 2.05) is 25.3 Å². The number of nitrogens with zero attached hydrogens (tertiary/aromatic N) is 5. The second kappa shape index (κ2) is 9.12. The molecule has 4 aromatic rings. The van der Waals surface area contributed by atoms with Gasteiger partial charge >= 0.3 is 5.69 Å². The molecule has 0 unspecified atom stereocenters. The fourth-order valence-electron chi connectivity index (χ4n) is 3.92. The summed E-state index contributed by atoms with van der Waals surface area (Å²) >= 11 is 0. The molecule has 35 heavy (non-hydrogen) atoms. The second-order valence-corrected chi connectivity index (χ2v) is 7.95. The third-order valence-electron chi connectivity index (χ3n) is 5.40. The molecule has 2 aromatic heterocycles. The lowest BCUT2D eigenvalue weighted by Crippen LogP contribution is -2.04. The highest BCUT2D eigenvalue weighted by Gasteiger charge is 2.21. The Morgan fingerprint density at radius 3 is 2.40 bits per heavy atom. The van der Waals surface area contributed by atoms with Crippen molar-refractivity contribution in [2.75, 3.05) is 19.5 Å². The number of methoxy groups -OCH3 is 2. The first-order valence-corrected chi connectivity index (χ1v) is 10.5. The Balaban J connectivity index is 1.84. The lowest BCUT2D eigenvalue weighted by atomic mass is 10.1. The number of halogens is 2. The molecule has 12 heteroatoms. The maximum atomic E-state index is 15.0. The van der Waals surface area contributed by atoms with Gasteiger partial charge in [-0.1, -0.05) is 0 Å². The van der Waals surface area contributed by atoms with E-state index >= 15 is 4.39 Å². The van der Waals surface area contributed by atoms with Gasteiger partial charge in [0, 0.05) is 23.7 Å². The van der Waals surface area contributed by atoms with Crippen LogP contribution in [0.25, 0.3) is 22.3 Å². The van der Waals surface area contributed by atoms with E-state index in [0.717, 1.165) is 12.1 Å². The molecule has 0 spiro atoms. The molecular formula is C23H22F2N6O4. The van der Waals surface area contributed by atoms with Crippen LogP contribution in [-0.2, 0) is 0 Å². The van der Waals surface area contributed by atoms with Crippen molar-refractivity contribution in [3.8, 4) is 22.8 Å². The van der Waals surface area contributed by atoms with Gasteiger partial charge in [0.15, 0.2) is 11.6 Å². The largest absolute Gasteiger partial charge is 0.494 e. The summed E-state index contributed by atoms with van der Waals surface area (Å²) in [6.07, 6.45) is 1.38. The number of nitrogens with one attached hydrogen (secondary N) is 1. The standard InChI is InChI=1S/C23H22F2N6O4/c1-11(2)30-12(3)27-22-15(25)6-13(7-18(22)30)21-20(35-5)10-26-23(29-21)28-16-9-17(31(32)33)14(24)8-19(16)34-4/h6-11H,1-5H3,(H,26,28,29). The Hall–Kier alpha value is -4.35. The number of benzene rings is 2. The van der Waals surface area contributed by atoms with E-state index in [9.17, 15) is 14.5 Å². The minimum Gasteiger partial charge on any atom is -0.494 e. The molecule has 0 aliphatic rings. The van der Waals surface area contributed by atoms with E-state index in [1.165, 1.54) is 26.5 Å². The van der Waals surface area contributed by atoms with Crippen LogP contribution in [0.4, 0.5) is 26.1 Å². The molecule has 0 fully saturated rings. The number of nitro groups is 1. The molecule has 0 atom stereocenters. The monoisotopic (exact) mass is 484 g/mol. The Morgan fingerprint density at radius 1 is 1.06 bits per heavy atom. The van der Waals surface area contributed by atoms with Crippen molar-refractivity contribution in [2.24, 2.45) is 0 Å². The van der Waals surface area contributed by atoms with Gasteiger partial charge in [-0.05, 0) is 32.9 Å². The Kier molecular flexibility index (Phi) is 6.20. The first-order chi connectivity index (χ1) is 16.6. The van der Waals surface area contributed by atoms with Gasteiger partial charge in [-0.15, -0.1) is 0 Å². The lowest BCUT2D eigenvalue weighted by molar-refractivity contribution is -0.387. The number of aryl methyl sites for hydroxylation is 1. The third-order valence-corrected chi connectivity index (χ3v) is 5.40. The minimum absolute atomic E-state index is 0.00839. The van der Waals surface area contributed by atoms with Crippen LogP contribution in [0.15, 0.2) is 30.5 Å². The van der Waals surface area contributed by atoms with Crippen LogP contribution in [0.1, 0.15) is 25.7 Å². The highest BCUT2D eigenvalue weighted by atomic mass is 19.1. The van der Waals surface area contributed by atoms with Gasteiger partial charge < -0.3 is 19.4 Å². The van der Waals surface area contributed by atoms with Crippen molar-refractivity contribution in [1.82, 2.24) is 19.5 Å². The zero-order valence-corrected chi connectivity index (χ0v) is 19.6. The smallest absolute Gasteiger partial charge is 0.307 e. The van der Waals surface area contributed by atoms with Crippen molar-refractivity contribution in [3.63, 3.8) is 0 Å². The zero-order valence-electron chi connectivity index (χ0n) is 19.6. The molecule has 182 valence electrons. The number of hydrogen-bond acceptors (Lipinski definition) is 8. The summed E-state index contributed by atoms with van der Waals surface area (Å²) in [5.41, 5.74) is 0.860. The van der Waals surface area contributed by atoms with Crippen LogP contribution in [0.2, 0.25) is 0 Å². The molecule has 0 aliphatic heterocycles. The summed E-state index contributed by atoms with van der Waals surface area (Å²) in [6.45, 7) is 5.75. The van der Waals surface area contributed by atoms with Crippen LogP contribution >= 0.6 is 0 Å². The van der Waals surface area contributed by atoms with E-state index < -0.39 is 22.2 Å². The molecule has 0 bridgehead atoms. The summed E-state index contributed by atoms with van der Waals surface area (Å²) < 4.78 is 41.5. The number of aromatic nitrogens is 4. The van der Waals surface area contributed by atoms with E-state index in [4.69, 9.17) is 9.47 Å². The number of rotatable bonds is 7. The average Bonchev–Trinajstić information content (AvgIpc) is 3.16. The topological polar surface area (TPSA) is 117 Å². The molecular weight excluding hydrogens is 462 g/mol. The van der Waals surface area contributed by atoms with E-state index in [1.54, 1.807) is 6.07 Å². The Labute approximate surface area is 198 Å². The van der Waals surface area contributed by atoms with Gasteiger partial charge in [0.2, 0.25) is 11.8 Å². The summed E-state index contributed by atoms with van der Waals surface area (Å²) in [5.74, 6) is -0.598. The van der Waals surface area contributed by atoms with Gasteiger partial charge in [-0.25, -0.2) is 19.3 Å². The van der Waals surface area contributed by atoms with Crippen molar-refractivity contribution in [3.05, 3.63) is 58.0 Å². The normalized spacial score (nSPS) is 11.2. The van der Waals surface area contributed by atoms with E-state index in [2.05, 4.69) is 20.3 Å². The van der Waals surface area contributed by atoms with Crippen molar-refractivity contribution < 1.29 is 23.2 Å². The van der Waals surface area contributed by atoms with Crippen molar-refractivity contribution in [2.45, 2.75) is 26.8 Å². The average molecular weight is 484 g/mol. The quantitative estimate of drug-likeness (QED) is 0.276.